The van der Waals surface area contributed by atoms with Crippen molar-refractivity contribution in [3.05, 3.63) is 58.9 Å². The normalized spacial score (nSPS) is 16.5. The van der Waals surface area contributed by atoms with Crippen LogP contribution in [0.1, 0.15) is 80.3 Å². The van der Waals surface area contributed by atoms with Crippen molar-refractivity contribution in [3.8, 4) is 0 Å². The zero-order valence-electron chi connectivity index (χ0n) is 20.7. The number of nitrogens with one attached hydrogen (secondary N) is 1. The maximum Gasteiger partial charge on any atom is 0.411 e. The summed E-state index contributed by atoms with van der Waals surface area (Å²) in [4.78, 5) is 31.6. The number of sulfone groups is 1. The molecule has 2 atom stereocenters. The highest BCUT2D eigenvalue weighted by Gasteiger charge is 2.35. The molecule has 0 fully saturated rings. The summed E-state index contributed by atoms with van der Waals surface area (Å²) in [6, 6.07) is 7.24. The van der Waals surface area contributed by atoms with Crippen molar-refractivity contribution in [2.24, 2.45) is 0 Å². The predicted molar refractivity (Wildman–Crippen MR) is 131 cm³/mol. The maximum atomic E-state index is 13.0. The molecule has 0 unspecified atom stereocenters. The second-order valence-corrected chi connectivity index (χ2v) is 11.8. The van der Waals surface area contributed by atoms with Crippen molar-refractivity contribution in [2.75, 3.05) is 12.4 Å². The topological polar surface area (TPSA) is 126 Å². The first kappa shape index (κ1) is 26.6. The Bertz CT molecular complexity index is 1190. The number of benzene rings is 1. The third-order valence-corrected chi connectivity index (χ3v) is 7.56. The third-order valence-electron chi connectivity index (χ3n) is 5.84. The first-order valence-corrected chi connectivity index (χ1v) is 13.3. The van der Waals surface area contributed by atoms with E-state index in [1.165, 1.54) is 18.3 Å². The molecule has 3 rings (SSSR count). The molecule has 35 heavy (non-hydrogen) atoms. The molecule has 0 saturated carbocycles. The molecule has 10 heteroatoms. The van der Waals surface area contributed by atoms with Crippen molar-refractivity contribution in [1.29, 1.82) is 0 Å². The van der Waals surface area contributed by atoms with Crippen molar-refractivity contribution in [2.45, 2.75) is 70.2 Å². The first-order chi connectivity index (χ1) is 16.4. The van der Waals surface area contributed by atoms with Crippen LogP contribution >= 0.6 is 0 Å². The van der Waals surface area contributed by atoms with Gasteiger partial charge in [-0.15, -0.1) is 0 Å². The van der Waals surface area contributed by atoms with Crippen molar-refractivity contribution in [1.82, 2.24) is 15.2 Å². The quantitative estimate of drug-likeness (QED) is 0.592. The van der Waals surface area contributed by atoms with Crippen molar-refractivity contribution < 1.29 is 27.9 Å². The molecular formula is C25H33N3O6S. The monoisotopic (exact) mass is 503 g/mol. The highest BCUT2D eigenvalue weighted by molar-refractivity contribution is 7.91. The van der Waals surface area contributed by atoms with E-state index in [2.05, 4.69) is 10.3 Å². The molecule has 0 bridgehead atoms. The second-order valence-electron chi connectivity index (χ2n) is 9.48. The number of aliphatic hydroxyl groups is 1. The highest BCUT2D eigenvalue weighted by Crippen LogP contribution is 2.37. The summed E-state index contributed by atoms with van der Waals surface area (Å²) in [6.07, 6.45) is 1.54. The largest absolute Gasteiger partial charge is 0.444 e. The number of aromatic nitrogens is 1. The molecule has 0 radical (unpaired) electrons. The molecule has 0 saturated heterocycles. The molecule has 2 heterocycles. The van der Waals surface area contributed by atoms with Crippen LogP contribution in [0.5, 0.6) is 0 Å². The van der Waals surface area contributed by atoms with E-state index in [0.29, 0.717) is 24.2 Å². The molecule has 190 valence electrons. The molecule has 0 aliphatic carbocycles. The fraction of sp³-hybridized carbons (Fsp3) is 0.480. The maximum absolute atomic E-state index is 13.0. The lowest BCUT2D eigenvalue weighted by Crippen LogP contribution is -2.35. The van der Waals surface area contributed by atoms with Gasteiger partial charge in [-0.3, -0.25) is 14.7 Å². The van der Waals surface area contributed by atoms with E-state index in [9.17, 15) is 23.1 Å². The minimum atomic E-state index is -3.40. The van der Waals surface area contributed by atoms with Gasteiger partial charge >= 0.3 is 6.09 Å². The Morgan fingerprint density at radius 2 is 1.94 bits per heavy atom. The lowest BCUT2D eigenvalue weighted by atomic mass is 10.00. The fourth-order valence-electron chi connectivity index (χ4n) is 4.03. The van der Waals surface area contributed by atoms with Crippen LogP contribution in [0.15, 0.2) is 41.4 Å². The van der Waals surface area contributed by atoms with E-state index >= 15 is 0 Å². The number of rotatable bonds is 7. The predicted octanol–water partition coefficient (Wildman–Crippen LogP) is 3.54. The number of hydrogen-bond donors (Lipinski definition) is 2. The molecule has 9 nitrogen and oxygen atoms in total. The van der Waals surface area contributed by atoms with Gasteiger partial charge < -0.3 is 15.2 Å². The van der Waals surface area contributed by atoms with Crippen LogP contribution in [0.4, 0.5) is 4.79 Å². The van der Waals surface area contributed by atoms with Gasteiger partial charge in [0.2, 0.25) is 0 Å². The lowest BCUT2D eigenvalue weighted by Gasteiger charge is -2.28. The van der Waals surface area contributed by atoms with Gasteiger partial charge in [-0.2, -0.15) is 0 Å². The summed E-state index contributed by atoms with van der Waals surface area (Å²) in [6.45, 7) is 8.93. The van der Waals surface area contributed by atoms with Crippen LogP contribution in [0, 0.1) is 0 Å². The van der Waals surface area contributed by atoms with Gasteiger partial charge in [0.05, 0.1) is 41.6 Å². The van der Waals surface area contributed by atoms with Gasteiger partial charge in [0.15, 0.2) is 9.84 Å². The number of pyridine rings is 1. The van der Waals surface area contributed by atoms with E-state index in [1.54, 1.807) is 24.0 Å². The summed E-state index contributed by atoms with van der Waals surface area (Å²) in [7, 11) is -3.40. The SMILES string of the molecule is CC[C@@H]1c2ccc(C(=O)N[C@@H](CO)c3ccc(S(=O)(=O)CC)cn3)cc2CN1C(=O)OC(C)(C)C. The van der Waals surface area contributed by atoms with Gasteiger partial charge in [0.1, 0.15) is 5.60 Å². The van der Waals surface area contributed by atoms with Crippen LogP contribution in [0.3, 0.4) is 0 Å². The van der Waals surface area contributed by atoms with E-state index in [-0.39, 0.29) is 16.7 Å². The number of ether oxygens (including phenoxy) is 1. The number of aliphatic hydroxyl groups excluding tert-OH is 1. The Kier molecular flexibility index (Phi) is 7.86. The smallest absolute Gasteiger partial charge is 0.411 e. The van der Waals surface area contributed by atoms with Gasteiger partial charge in [0.25, 0.3) is 5.91 Å². The lowest BCUT2D eigenvalue weighted by molar-refractivity contribution is 0.0168. The van der Waals surface area contributed by atoms with Crippen LogP contribution < -0.4 is 5.32 Å². The summed E-state index contributed by atoms with van der Waals surface area (Å²) in [5.41, 5.74) is 1.96. The molecule has 0 spiro atoms. The molecule has 1 aliphatic heterocycles. The van der Waals surface area contributed by atoms with Crippen LogP contribution in [0.2, 0.25) is 0 Å². The molecule has 1 aliphatic rings. The average molecular weight is 504 g/mol. The Labute approximate surface area is 206 Å². The number of nitrogens with zero attached hydrogens (tertiary/aromatic N) is 2. The van der Waals surface area contributed by atoms with Crippen LogP contribution in [-0.2, 0) is 21.1 Å². The summed E-state index contributed by atoms with van der Waals surface area (Å²) in [5.74, 6) is -0.459. The summed E-state index contributed by atoms with van der Waals surface area (Å²) < 4.78 is 29.5. The Balaban J connectivity index is 1.77. The summed E-state index contributed by atoms with van der Waals surface area (Å²) in [5, 5.41) is 12.6. The number of carbonyl (C=O) groups excluding carboxylic acids is 2. The molecule has 1 aromatic heterocycles. The van der Waals surface area contributed by atoms with Crippen molar-refractivity contribution in [3.63, 3.8) is 0 Å². The molecule has 2 N–H and O–H groups in total. The Morgan fingerprint density at radius 3 is 2.49 bits per heavy atom. The Morgan fingerprint density at radius 1 is 1.23 bits per heavy atom. The first-order valence-electron chi connectivity index (χ1n) is 11.6. The van der Waals surface area contributed by atoms with E-state index < -0.39 is 40.1 Å². The molecule has 1 aromatic carbocycles. The van der Waals surface area contributed by atoms with Gasteiger partial charge in [-0.25, -0.2) is 13.2 Å². The average Bonchev–Trinajstić information content (AvgIpc) is 3.19. The molecule has 2 aromatic rings. The molecule has 2 amide bonds. The van der Waals surface area contributed by atoms with Crippen LogP contribution in [-0.4, -0.2) is 53.4 Å². The van der Waals surface area contributed by atoms with Crippen LogP contribution in [0.25, 0.3) is 0 Å². The highest BCUT2D eigenvalue weighted by atomic mass is 32.2. The zero-order valence-corrected chi connectivity index (χ0v) is 21.6. The third kappa shape index (κ3) is 5.99. The van der Waals surface area contributed by atoms with E-state index in [0.717, 1.165) is 11.1 Å². The van der Waals surface area contributed by atoms with Gasteiger partial charge in [-0.1, -0.05) is 19.9 Å². The number of hydrogen-bond acceptors (Lipinski definition) is 7. The Hall–Kier alpha value is -2.98. The van der Waals surface area contributed by atoms with E-state index in [1.807, 2.05) is 33.8 Å². The van der Waals surface area contributed by atoms with Gasteiger partial charge in [-0.05, 0) is 62.6 Å². The van der Waals surface area contributed by atoms with Crippen molar-refractivity contribution >= 4 is 21.8 Å². The number of amides is 2. The van der Waals surface area contributed by atoms with Gasteiger partial charge in [0, 0.05) is 11.8 Å². The standard InChI is InChI=1S/C25H33N3O6S/c1-6-22-19-10-8-16(12-17(19)14-28(22)24(31)34-25(3,4)5)23(30)27-21(15-29)20-11-9-18(13-26-20)35(32,33)7-2/h8-13,21-22,29H,6-7,14-15H2,1-5H3,(H,27,30)/t21-,22+/m0/s1. The fourth-order valence-corrected chi connectivity index (χ4v) is 4.85. The minimum absolute atomic E-state index is 0.0449. The second kappa shape index (κ2) is 10.3. The minimum Gasteiger partial charge on any atom is -0.444 e. The zero-order chi connectivity index (χ0) is 26.0. The number of fused-ring (bicyclic) bond motifs is 1. The summed E-state index contributed by atoms with van der Waals surface area (Å²) >= 11 is 0. The van der Waals surface area contributed by atoms with E-state index in [4.69, 9.17) is 4.74 Å². The molecular weight excluding hydrogens is 470 g/mol. The number of carbonyl (C=O) groups is 2.